The second kappa shape index (κ2) is 25.6. The maximum absolute atomic E-state index is 14.0. The molecule has 62 heavy (non-hydrogen) atoms. The van der Waals surface area contributed by atoms with Crippen molar-refractivity contribution in [1.82, 2.24) is 21.3 Å². The minimum atomic E-state index is -1.80. The minimum absolute atomic E-state index is 0.131. The molecule has 0 bridgehead atoms. The summed E-state index contributed by atoms with van der Waals surface area (Å²) in [5.74, 6) is -4.91. The maximum Gasteiger partial charge on any atom is 0.305 e. The number of aliphatic hydroxyl groups is 2. The Morgan fingerprint density at radius 1 is 0.742 bits per heavy atom. The van der Waals surface area contributed by atoms with Gasteiger partial charge in [0.25, 0.3) is 0 Å². The van der Waals surface area contributed by atoms with E-state index in [-0.39, 0.29) is 12.8 Å². The molecule has 13 N–H and O–H groups in total. The number of nitrogens with one attached hydrogen (secondary N) is 4. The highest BCUT2D eigenvalue weighted by Crippen LogP contribution is 2.28. The van der Waals surface area contributed by atoms with Crippen molar-refractivity contribution in [1.29, 1.82) is 0 Å². The number of carbonyl (C=O) groups is 6. The fourth-order valence-electron chi connectivity index (χ4n) is 6.40. The number of amides is 5. The first-order valence-electron chi connectivity index (χ1n) is 20.6. The molecule has 0 aliphatic rings. The molecule has 2 unspecified atom stereocenters. The SMILES string of the molecule is CCc1cc(OC)ccc1-c1ccc(C[C@H](NC(=O)C(CC(=O)O)NC(=O)C(CO)NC(=O)[C@@H](N)[C@@H](C)O)C(=O)N[C@@H](CCCc2ccc(OCCCCN)cc2)C(N)=O)cc1. The van der Waals surface area contributed by atoms with Crippen molar-refractivity contribution in [2.24, 2.45) is 17.2 Å². The largest absolute Gasteiger partial charge is 0.497 e. The smallest absolute Gasteiger partial charge is 0.305 e. The second-order valence-electron chi connectivity index (χ2n) is 14.9. The van der Waals surface area contributed by atoms with Gasteiger partial charge in [-0.25, -0.2) is 0 Å². The number of unbranched alkanes of at least 4 members (excludes halogenated alkanes) is 1. The third-order valence-electron chi connectivity index (χ3n) is 10.1. The lowest BCUT2D eigenvalue weighted by Crippen LogP contribution is -2.60. The Kier molecular flexibility index (Phi) is 20.8. The van der Waals surface area contributed by atoms with E-state index in [2.05, 4.69) is 21.3 Å². The Bertz CT molecular complexity index is 1940. The van der Waals surface area contributed by atoms with Gasteiger partial charge in [-0.05, 0) is 104 Å². The van der Waals surface area contributed by atoms with E-state index >= 15 is 0 Å². The third kappa shape index (κ3) is 16.1. The van der Waals surface area contributed by atoms with Crippen LogP contribution in [0.4, 0.5) is 0 Å². The number of aliphatic hydroxyl groups excluding tert-OH is 2. The zero-order chi connectivity index (χ0) is 45.8. The number of aliphatic carboxylic acids is 1. The van der Waals surface area contributed by atoms with Gasteiger partial charge in [-0.1, -0.05) is 49.4 Å². The number of rotatable bonds is 27. The van der Waals surface area contributed by atoms with E-state index in [1.54, 1.807) is 19.2 Å². The maximum atomic E-state index is 14.0. The number of carbonyl (C=O) groups excluding carboxylic acids is 5. The molecule has 3 aromatic rings. The second-order valence-corrected chi connectivity index (χ2v) is 14.9. The van der Waals surface area contributed by atoms with Crippen molar-refractivity contribution < 1.29 is 53.6 Å². The lowest BCUT2D eigenvalue weighted by Gasteiger charge is -2.26. The van der Waals surface area contributed by atoms with Crippen LogP contribution in [0.15, 0.2) is 66.7 Å². The zero-order valence-electron chi connectivity index (χ0n) is 35.4. The highest BCUT2D eigenvalue weighted by molar-refractivity contribution is 5.97. The Morgan fingerprint density at radius 2 is 1.32 bits per heavy atom. The number of benzene rings is 3. The van der Waals surface area contributed by atoms with E-state index in [0.29, 0.717) is 43.1 Å². The van der Waals surface area contributed by atoms with Crippen LogP contribution in [0, 0.1) is 0 Å². The van der Waals surface area contributed by atoms with Crippen LogP contribution in [-0.4, -0.2) is 114 Å². The standard InChI is InChI=1S/C44H61N7O11/c1-4-29-23-32(61-3)18-19-33(29)30-14-10-28(11-15-30)22-35(49-42(58)36(24-38(54)55)50-43(59)37(25-52)51-44(60)39(46)26(2)53)41(57)48-34(40(47)56)9-7-8-27-12-16-31(17-13-27)62-21-6-5-20-45/h10-19,23,26,34-37,39,52-53H,4-9,20-22,24-25,45-46H2,1-3H3,(H2,47,56)(H,48,57)(H,49,58)(H,50,59)(H,51,60)(H,54,55)/t26-,34+,35+,36?,37?,39+/m1/s1. The number of hydrogen-bond donors (Lipinski definition) is 10. The average Bonchev–Trinajstić information content (AvgIpc) is 3.25. The molecule has 0 saturated carbocycles. The van der Waals surface area contributed by atoms with E-state index in [9.17, 15) is 44.1 Å². The predicted molar refractivity (Wildman–Crippen MR) is 231 cm³/mol. The molecule has 5 amide bonds. The predicted octanol–water partition coefficient (Wildman–Crippen LogP) is 0.207. The van der Waals surface area contributed by atoms with Gasteiger partial charge in [-0.15, -0.1) is 0 Å². The summed E-state index contributed by atoms with van der Waals surface area (Å²) in [6, 6.07) is 12.9. The van der Waals surface area contributed by atoms with Crippen LogP contribution in [0.1, 0.15) is 62.6 Å². The molecule has 18 nitrogen and oxygen atoms in total. The van der Waals surface area contributed by atoms with Crippen LogP contribution < -0.4 is 47.9 Å². The Balaban J connectivity index is 1.84. The van der Waals surface area contributed by atoms with Gasteiger partial charge in [0.15, 0.2) is 0 Å². The number of hydrogen-bond acceptors (Lipinski definition) is 12. The van der Waals surface area contributed by atoms with Crippen molar-refractivity contribution in [2.75, 3.05) is 26.9 Å². The van der Waals surface area contributed by atoms with Crippen molar-refractivity contribution in [3.8, 4) is 22.6 Å². The molecule has 0 radical (unpaired) electrons. The van der Waals surface area contributed by atoms with Gasteiger partial charge >= 0.3 is 5.97 Å². The van der Waals surface area contributed by atoms with Crippen LogP contribution in [0.3, 0.4) is 0 Å². The minimum Gasteiger partial charge on any atom is -0.497 e. The summed E-state index contributed by atoms with van der Waals surface area (Å²) in [5, 5.41) is 38.7. The number of ether oxygens (including phenoxy) is 2. The van der Waals surface area contributed by atoms with E-state index in [1.165, 1.54) is 6.92 Å². The summed E-state index contributed by atoms with van der Waals surface area (Å²) in [7, 11) is 1.59. The zero-order valence-corrected chi connectivity index (χ0v) is 35.4. The van der Waals surface area contributed by atoms with E-state index in [0.717, 1.165) is 41.5 Å². The molecule has 18 heteroatoms. The van der Waals surface area contributed by atoms with Crippen molar-refractivity contribution in [3.05, 3.63) is 83.4 Å². The van der Waals surface area contributed by atoms with Crippen molar-refractivity contribution in [2.45, 2.75) is 102 Å². The summed E-state index contributed by atoms with van der Waals surface area (Å²) in [5.41, 5.74) is 21.3. The first kappa shape index (κ1) is 50.3. The molecule has 3 rings (SSSR count). The van der Waals surface area contributed by atoms with Crippen LogP contribution in [0.5, 0.6) is 11.5 Å². The van der Waals surface area contributed by atoms with Crippen LogP contribution in [-0.2, 0) is 48.0 Å². The summed E-state index contributed by atoms with van der Waals surface area (Å²) >= 11 is 0. The van der Waals surface area contributed by atoms with Crippen molar-refractivity contribution >= 4 is 35.5 Å². The third-order valence-corrected chi connectivity index (χ3v) is 10.1. The fourth-order valence-corrected chi connectivity index (χ4v) is 6.40. The number of carboxylic acid groups (broad SMARTS) is 1. The molecular weight excluding hydrogens is 803 g/mol. The van der Waals surface area contributed by atoms with Crippen LogP contribution in [0.2, 0.25) is 0 Å². The molecule has 0 heterocycles. The number of methoxy groups -OCH3 is 1. The number of nitrogens with two attached hydrogens (primary N) is 3. The number of primary amides is 1. The quantitative estimate of drug-likeness (QED) is 0.0459. The summed E-state index contributed by atoms with van der Waals surface area (Å²) < 4.78 is 11.1. The highest BCUT2D eigenvalue weighted by Gasteiger charge is 2.33. The van der Waals surface area contributed by atoms with Gasteiger partial charge in [0.05, 0.1) is 32.8 Å². The Labute approximate surface area is 361 Å². The summed E-state index contributed by atoms with van der Waals surface area (Å²) in [6.45, 7) is 3.44. The Morgan fingerprint density at radius 3 is 1.90 bits per heavy atom. The molecule has 6 atom stereocenters. The molecule has 0 spiro atoms. The Hall–Kier alpha value is -6.08. The normalized spacial score (nSPS) is 13.9. The summed E-state index contributed by atoms with van der Waals surface area (Å²) in [6.07, 6.45) is 1.20. The number of carboxylic acids is 1. The van der Waals surface area contributed by atoms with Crippen LogP contribution in [0.25, 0.3) is 11.1 Å². The van der Waals surface area contributed by atoms with Gasteiger partial charge in [-0.3, -0.25) is 28.8 Å². The first-order chi connectivity index (χ1) is 29.6. The lowest BCUT2D eigenvalue weighted by atomic mass is 9.95. The molecular formula is C44H61N7O11. The molecule has 0 aliphatic heterocycles. The molecule has 0 aliphatic carbocycles. The molecule has 3 aromatic carbocycles. The van der Waals surface area contributed by atoms with Gasteiger partial charge in [-0.2, -0.15) is 0 Å². The molecule has 0 fully saturated rings. The number of aryl methyl sites for hydroxylation is 2. The molecule has 0 saturated heterocycles. The van der Waals surface area contributed by atoms with E-state index in [1.807, 2.05) is 61.5 Å². The van der Waals surface area contributed by atoms with E-state index < -0.39 is 84.8 Å². The van der Waals surface area contributed by atoms with Gasteiger partial charge in [0.1, 0.15) is 41.7 Å². The molecule has 338 valence electrons. The monoisotopic (exact) mass is 863 g/mol. The van der Waals surface area contributed by atoms with Gasteiger partial charge in [0, 0.05) is 6.42 Å². The topological polar surface area (TPSA) is 308 Å². The van der Waals surface area contributed by atoms with Gasteiger partial charge in [0.2, 0.25) is 29.5 Å². The highest BCUT2D eigenvalue weighted by atomic mass is 16.5. The average molecular weight is 864 g/mol. The fraction of sp³-hybridized carbons (Fsp3) is 0.455. The summed E-state index contributed by atoms with van der Waals surface area (Å²) in [4.78, 5) is 77.8. The van der Waals surface area contributed by atoms with Gasteiger partial charge < -0.3 is 63.3 Å². The van der Waals surface area contributed by atoms with E-state index in [4.69, 9.17) is 26.7 Å². The first-order valence-corrected chi connectivity index (χ1v) is 20.6. The lowest BCUT2D eigenvalue weighted by molar-refractivity contribution is -0.141. The van der Waals surface area contributed by atoms with Crippen LogP contribution >= 0.6 is 0 Å². The van der Waals surface area contributed by atoms with Crippen molar-refractivity contribution in [3.63, 3.8) is 0 Å². The molecule has 0 aromatic heterocycles.